The molecule has 0 fully saturated rings. The summed E-state index contributed by atoms with van der Waals surface area (Å²) in [7, 11) is 0. The third-order valence-electron chi connectivity index (χ3n) is 4.61. The number of pyridine rings is 1. The first-order valence-corrected chi connectivity index (χ1v) is 8.55. The highest BCUT2D eigenvalue weighted by molar-refractivity contribution is 5.92. The molecule has 0 aliphatic carbocycles. The predicted molar refractivity (Wildman–Crippen MR) is 105 cm³/mol. The standard InChI is InChI=1S/C23H19NO2/c1-15-7-9-17(10-8-15)21-13-23(26)20-11-18(14-25)19(12-22(20)24-21)16-5-3-2-4-6-16/h2-13,25H,14H2,1H3,(H,24,26). The Morgan fingerprint density at radius 2 is 1.58 bits per heavy atom. The van der Waals surface area contributed by atoms with Crippen LogP contribution in [0, 0.1) is 6.92 Å². The number of aryl methyl sites for hydroxylation is 1. The van der Waals surface area contributed by atoms with E-state index < -0.39 is 0 Å². The van der Waals surface area contributed by atoms with Gasteiger partial charge in [-0.05, 0) is 35.7 Å². The van der Waals surface area contributed by atoms with Crippen molar-refractivity contribution in [1.82, 2.24) is 4.98 Å². The second kappa shape index (κ2) is 6.62. The molecule has 0 unspecified atom stereocenters. The zero-order valence-electron chi connectivity index (χ0n) is 14.5. The van der Waals surface area contributed by atoms with E-state index >= 15 is 0 Å². The molecule has 1 aromatic heterocycles. The first-order chi connectivity index (χ1) is 12.7. The Morgan fingerprint density at radius 1 is 0.846 bits per heavy atom. The summed E-state index contributed by atoms with van der Waals surface area (Å²) in [5.74, 6) is 0.167. The molecule has 0 aliphatic rings. The van der Waals surface area contributed by atoms with Crippen LogP contribution in [0.15, 0.2) is 72.8 Å². The van der Waals surface area contributed by atoms with Crippen molar-refractivity contribution in [3.8, 4) is 28.1 Å². The average Bonchev–Trinajstić information content (AvgIpc) is 2.68. The van der Waals surface area contributed by atoms with Gasteiger partial charge in [-0.25, -0.2) is 4.98 Å². The number of aliphatic hydroxyl groups is 1. The van der Waals surface area contributed by atoms with Gasteiger partial charge in [0.2, 0.25) is 0 Å². The van der Waals surface area contributed by atoms with Crippen molar-refractivity contribution in [2.24, 2.45) is 0 Å². The number of aromatic nitrogens is 1. The lowest BCUT2D eigenvalue weighted by molar-refractivity contribution is 0.282. The van der Waals surface area contributed by atoms with Gasteiger partial charge in [-0.3, -0.25) is 0 Å². The zero-order chi connectivity index (χ0) is 18.1. The van der Waals surface area contributed by atoms with Gasteiger partial charge in [0.15, 0.2) is 0 Å². The molecule has 1 heterocycles. The van der Waals surface area contributed by atoms with Crippen LogP contribution in [0.4, 0.5) is 0 Å². The third-order valence-corrected chi connectivity index (χ3v) is 4.61. The summed E-state index contributed by atoms with van der Waals surface area (Å²) in [5.41, 5.74) is 6.28. The Balaban J connectivity index is 1.94. The fraction of sp³-hybridized carbons (Fsp3) is 0.0870. The number of aromatic hydroxyl groups is 1. The van der Waals surface area contributed by atoms with Gasteiger partial charge in [-0.1, -0.05) is 60.2 Å². The molecule has 0 amide bonds. The minimum absolute atomic E-state index is 0.0979. The number of benzene rings is 3. The molecule has 0 aliphatic heterocycles. The first kappa shape index (κ1) is 16.3. The molecular weight excluding hydrogens is 322 g/mol. The molecule has 4 aromatic rings. The Morgan fingerprint density at radius 3 is 2.27 bits per heavy atom. The summed E-state index contributed by atoms with van der Waals surface area (Å²) in [6, 6.07) is 23.4. The van der Waals surface area contributed by atoms with Gasteiger partial charge in [-0.2, -0.15) is 0 Å². The van der Waals surface area contributed by atoms with Gasteiger partial charge in [0.25, 0.3) is 0 Å². The molecule has 0 spiro atoms. The second-order valence-corrected chi connectivity index (χ2v) is 6.44. The van der Waals surface area contributed by atoms with Crippen LogP contribution in [-0.2, 0) is 6.61 Å². The average molecular weight is 341 g/mol. The van der Waals surface area contributed by atoms with E-state index in [0.29, 0.717) is 10.9 Å². The van der Waals surface area contributed by atoms with E-state index in [1.165, 1.54) is 5.56 Å². The Hall–Kier alpha value is -3.17. The minimum Gasteiger partial charge on any atom is -0.507 e. The SMILES string of the molecule is Cc1ccc(-c2cc(O)c3cc(CO)c(-c4ccccc4)cc3n2)cc1. The molecule has 2 N–H and O–H groups in total. The van der Waals surface area contributed by atoms with E-state index in [4.69, 9.17) is 4.98 Å². The lowest BCUT2D eigenvalue weighted by Crippen LogP contribution is -1.93. The fourth-order valence-electron chi connectivity index (χ4n) is 3.19. The molecule has 0 saturated carbocycles. The molecule has 3 aromatic carbocycles. The lowest BCUT2D eigenvalue weighted by Gasteiger charge is -2.12. The van der Waals surface area contributed by atoms with Crippen molar-refractivity contribution in [2.75, 3.05) is 0 Å². The van der Waals surface area contributed by atoms with Crippen LogP contribution in [0.2, 0.25) is 0 Å². The molecule has 0 saturated heterocycles. The maximum atomic E-state index is 10.5. The van der Waals surface area contributed by atoms with E-state index in [0.717, 1.165) is 27.9 Å². The molecule has 26 heavy (non-hydrogen) atoms. The van der Waals surface area contributed by atoms with Crippen LogP contribution < -0.4 is 0 Å². The van der Waals surface area contributed by atoms with Crippen molar-refractivity contribution in [2.45, 2.75) is 13.5 Å². The molecule has 0 bridgehead atoms. The van der Waals surface area contributed by atoms with Crippen molar-refractivity contribution in [3.63, 3.8) is 0 Å². The smallest absolute Gasteiger partial charge is 0.127 e. The topological polar surface area (TPSA) is 53.4 Å². The molecule has 4 rings (SSSR count). The fourth-order valence-corrected chi connectivity index (χ4v) is 3.19. The molecular formula is C23H19NO2. The number of rotatable bonds is 3. The van der Waals surface area contributed by atoms with E-state index in [1.807, 2.05) is 73.7 Å². The van der Waals surface area contributed by atoms with Gasteiger partial charge in [0.05, 0.1) is 17.8 Å². The second-order valence-electron chi connectivity index (χ2n) is 6.44. The largest absolute Gasteiger partial charge is 0.507 e. The summed E-state index contributed by atoms with van der Waals surface area (Å²) in [4.78, 5) is 4.76. The van der Waals surface area contributed by atoms with Crippen molar-refractivity contribution in [3.05, 3.63) is 83.9 Å². The van der Waals surface area contributed by atoms with Crippen LogP contribution in [0.25, 0.3) is 33.3 Å². The van der Waals surface area contributed by atoms with Crippen LogP contribution in [-0.4, -0.2) is 15.2 Å². The van der Waals surface area contributed by atoms with E-state index in [2.05, 4.69) is 0 Å². The summed E-state index contributed by atoms with van der Waals surface area (Å²) >= 11 is 0. The summed E-state index contributed by atoms with van der Waals surface area (Å²) < 4.78 is 0. The molecule has 0 radical (unpaired) electrons. The van der Waals surface area contributed by atoms with Crippen molar-refractivity contribution < 1.29 is 10.2 Å². The van der Waals surface area contributed by atoms with Crippen molar-refractivity contribution >= 4 is 10.9 Å². The maximum Gasteiger partial charge on any atom is 0.127 e. The number of hydrogen-bond acceptors (Lipinski definition) is 3. The lowest BCUT2D eigenvalue weighted by atomic mass is 9.97. The highest BCUT2D eigenvalue weighted by Gasteiger charge is 2.12. The van der Waals surface area contributed by atoms with E-state index in [-0.39, 0.29) is 12.4 Å². The first-order valence-electron chi connectivity index (χ1n) is 8.55. The van der Waals surface area contributed by atoms with E-state index in [1.54, 1.807) is 6.07 Å². The van der Waals surface area contributed by atoms with Gasteiger partial charge in [-0.15, -0.1) is 0 Å². The molecule has 3 nitrogen and oxygen atoms in total. The number of aliphatic hydroxyl groups excluding tert-OH is 1. The quantitative estimate of drug-likeness (QED) is 0.547. The van der Waals surface area contributed by atoms with Gasteiger partial charge in [0.1, 0.15) is 5.75 Å². The predicted octanol–water partition coefficient (Wildman–Crippen LogP) is 5.08. The highest BCUT2D eigenvalue weighted by Crippen LogP contribution is 2.34. The summed E-state index contributed by atoms with van der Waals surface area (Å²) in [6.45, 7) is 1.94. The Labute approximate surface area is 152 Å². The normalized spacial score (nSPS) is 11.0. The number of hydrogen-bond donors (Lipinski definition) is 2. The van der Waals surface area contributed by atoms with Gasteiger partial charge >= 0.3 is 0 Å². The monoisotopic (exact) mass is 341 g/mol. The van der Waals surface area contributed by atoms with Gasteiger partial charge < -0.3 is 10.2 Å². The van der Waals surface area contributed by atoms with Crippen LogP contribution >= 0.6 is 0 Å². The maximum absolute atomic E-state index is 10.5. The van der Waals surface area contributed by atoms with Crippen LogP contribution in [0.3, 0.4) is 0 Å². The zero-order valence-corrected chi connectivity index (χ0v) is 14.5. The third kappa shape index (κ3) is 2.93. The molecule has 0 atom stereocenters. The summed E-state index contributed by atoms with van der Waals surface area (Å²) in [6.07, 6.45) is 0. The van der Waals surface area contributed by atoms with Crippen LogP contribution in [0.5, 0.6) is 5.75 Å². The number of nitrogens with zero attached hydrogens (tertiary/aromatic N) is 1. The van der Waals surface area contributed by atoms with E-state index in [9.17, 15) is 10.2 Å². The van der Waals surface area contributed by atoms with Crippen molar-refractivity contribution in [1.29, 1.82) is 0 Å². The summed E-state index contributed by atoms with van der Waals surface area (Å²) in [5, 5.41) is 21.0. The Kier molecular flexibility index (Phi) is 4.15. The molecule has 128 valence electrons. The van der Waals surface area contributed by atoms with Gasteiger partial charge in [0, 0.05) is 17.0 Å². The highest BCUT2D eigenvalue weighted by atomic mass is 16.3. The molecule has 3 heteroatoms. The number of fused-ring (bicyclic) bond motifs is 1. The Bertz CT molecular complexity index is 1070. The minimum atomic E-state index is -0.0979. The van der Waals surface area contributed by atoms with Crippen LogP contribution in [0.1, 0.15) is 11.1 Å².